The Morgan fingerprint density at radius 3 is 2.05 bits per heavy atom. The SMILES string of the molecule is CC(C)(C)OC(=O)C(N)C(C)(C)c1ccc(F)cc1. The molecule has 2 N–H and O–H groups in total. The lowest BCUT2D eigenvalue weighted by molar-refractivity contribution is -0.158. The van der Waals surface area contributed by atoms with Gasteiger partial charge in [0.15, 0.2) is 0 Å². The van der Waals surface area contributed by atoms with E-state index in [1.165, 1.54) is 12.1 Å². The number of halogens is 1. The van der Waals surface area contributed by atoms with Gasteiger partial charge in [-0.3, -0.25) is 4.79 Å². The van der Waals surface area contributed by atoms with Crippen molar-refractivity contribution >= 4 is 5.97 Å². The van der Waals surface area contributed by atoms with E-state index >= 15 is 0 Å². The Morgan fingerprint density at radius 2 is 1.63 bits per heavy atom. The Balaban J connectivity index is 2.93. The highest BCUT2D eigenvalue weighted by Crippen LogP contribution is 2.27. The molecule has 106 valence electrons. The van der Waals surface area contributed by atoms with Crippen LogP contribution < -0.4 is 5.73 Å². The second-order valence-electron chi connectivity index (χ2n) is 6.24. The van der Waals surface area contributed by atoms with Crippen molar-refractivity contribution in [3.8, 4) is 0 Å². The fourth-order valence-corrected chi connectivity index (χ4v) is 1.72. The number of hydrogen-bond acceptors (Lipinski definition) is 3. The molecule has 0 saturated heterocycles. The van der Waals surface area contributed by atoms with Gasteiger partial charge < -0.3 is 10.5 Å². The Kier molecular flexibility index (Phi) is 4.35. The molecule has 0 fully saturated rings. The molecule has 0 radical (unpaired) electrons. The van der Waals surface area contributed by atoms with E-state index in [9.17, 15) is 9.18 Å². The fraction of sp³-hybridized carbons (Fsp3) is 0.533. The minimum absolute atomic E-state index is 0.314. The van der Waals surface area contributed by atoms with Gasteiger partial charge in [0.2, 0.25) is 0 Å². The molecule has 0 aliphatic carbocycles. The van der Waals surface area contributed by atoms with Crippen LogP contribution in [0.15, 0.2) is 24.3 Å². The van der Waals surface area contributed by atoms with E-state index < -0.39 is 23.0 Å². The number of nitrogens with two attached hydrogens (primary N) is 1. The van der Waals surface area contributed by atoms with Gasteiger partial charge >= 0.3 is 5.97 Å². The quantitative estimate of drug-likeness (QED) is 0.857. The zero-order chi connectivity index (χ0) is 14.8. The van der Waals surface area contributed by atoms with Gasteiger partial charge in [0.25, 0.3) is 0 Å². The van der Waals surface area contributed by atoms with E-state index in [1.54, 1.807) is 32.9 Å². The molecular weight excluding hydrogens is 245 g/mol. The lowest BCUT2D eigenvalue weighted by Crippen LogP contribution is -2.49. The van der Waals surface area contributed by atoms with Gasteiger partial charge in [0.05, 0.1) is 0 Å². The summed E-state index contributed by atoms with van der Waals surface area (Å²) in [7, 11) is 0. The lowest BCUT2D eigenvalue weighted by atomic mass is 9.78. The molecule has 1 aromatic carbocycles. The highest BCUT2D eigenvalue weighted by Gasteiger charge is 2.36. The Morgan fingerprint density at radius 1 is 1.16 bits per heavy atom. The zero-order valence-electron chi connectivity index (χ0n) is 12.2. The molecule has 1 unspecified atom stereocenters. The molecule has 0 amide bonds. The van der Waals surface area contributed by atoms with E-state index in [1.807, 2.05) is 13.8 Å². The van der Waals surface area contributed by atoms with Crippen molar-refractivity contribution in [3.63, 3.8) is 0 Å². The van der Waals surface area contributed by atoms with Crippen LogP contribution >= 0.6 is 0 Å². The molecule has 19 heavy (non-hydrogen) atoms. The third-order valence-corrected chi connectivity index (χ3v) is 3.03. The number of rotatable bonds is 3. The van der Waals surface area contributed by atoms with Crippen LogP contribution in [-0.2, 0) is 14.9 Å². The van der Waals surface area contributed by atoms with Gasteiger partial charge in [-0.25, -0.2) is 4.39 Å². The number of benzene rings is 1. The van der Waals surface area contributed by atoms with E-state index in [0.717, 1.165) is 5.56 Å². The van der Waals surface area contributed by atoms with Crippen molar-refractivity contribution in [2.45, 2.75) is 51.7 Å². The maximum Gasteiger partial charge on any atom is 0.324 e. The maximum atomic E-state index is 12.9. The van der Waals surface area contributed by atoms with Crippen LogP contribution in [-0.4, -0.2) is 17.6 Å². The summed E-state index contributed by atoms with van der Waals surface area (Å²) in [5, 5.41) is 0. The number of esters is 1. The minimum atomic E-state index is -0.808. The molecule has 0 aliphatic rings. The highest BCUT2D eigenvalue weighted by molar-refractivity contribution is 5.78. The van der Waals surface area contributed by atoms with Crippen LogP contribution in [0.4, 0.5) is 4.39 Å². The molecule has 0 spiro atoms. The summed E-state index contributed by atoms with van der Waals surface area (Å²) in [6.07, 6.45) is 0. The minimum Gasteiger partial charge on any atom is -0.459 e. The largest absolute Gasteiger partial charge is 0.459 e. The first kappa shape index (κ1) is 15.6. The standard InChI is InChI=1S/C15H22FNO2/c1-14(2,3)19-13(18)12(17)15(4,5)10-6-8-11(16)9-7-10/h6-9,12H,17H2,1-5H3. The smallest absolute Gasteiger partial charge is 0.324 e. The average molecular weight is 267 g/mol. The second kappa shape index (κ2) is 5.29. The normalized spacial score (nSPS) is 14.1. The van der Waals surface area contributed by atoms with Gasteiger partial charge in [-0.1, -0.05) is 26.0 Å². The summed E-state index contributed by atoms with van der Waals surface area (Å²) in [6, 6.07) is 5.19. The van der Waals surface area contributed by atoms with Crippen LogP contribution in [0.2, 0.25) is 0 Å². The summed E-state index contributed by atoms with van der Waals surface area (Å²) >= 11 is 0. The van der Waals surface area contributed by atoms with Gasteiger partial charge in [0.1, 0.15) is 17.5 Å². The van der Waals surface area contributed by atoms with Crippen LogP contribution in [0.1, 0.15) is 40.2 Å². The Labute approximate surface area is 113 Å². The van der Waals surface area contributed by atoms with Crippen molar-refractivity contribution < 1.29 is 13.9 Å². The van der Waals surface area contributed by atoms with Crippen LogP contribution in [0.5, 0.6) is 0 Å². The molecule has 0 aliphatic heterocycles. The predicted molar refractivity (Wildman–Crippen MR) is 73.2 cm³/mol. The molecule has 1 aromatic rings. The zero-order valence-corrected chi connectivity index (χ0v) is 12.2. The van der Waals surface area contributed by atoms with Crippen LogP contribution in [0.25, 0.3) is 0 Å². The van der Waals surface area contributed by atoms with E-state index in [4.69, 9.17) is 10.5 Å². The van der Waals surface area contributed by atoms with Crippen molar-refractivity contribution in [3.05, 3.63) is 35.6 Å². The number of ether oxygens (including phenoxy) is 1. The molecule has 0 bridgehead atoms. The van der Waals surface area contributed by atoms with Crippen LogP contribution in [0, 0.1) is 5.82 Å². The monoisotopic (exact) mass is 267 g/mol. The number of hydrogen-bond donors (Lipinski definition) is 1. The molecule has 1 rings (SSSR count). The first-order chi connectivity index (χ1) is 8.54. The second-order valence-corrected chi connectivity index (χ2v) is 6.24. The van der Waals surface area contributed by atoms with Crippen molar-refractivity contribution in [1.82, 2.24) is 0 Å². The average Bonchev–Trinajstić information content (AvgIpc) is 2.26. The summed E-state index contributed by atoms with van der Waals surface area (Å²) in [4.78, 5) is 12.0. The van der Waals surface area contributed by atoms with Gasteiger partial charge in [-0.15, -0.1) is 0 Å². The predicted octanol–water partition coefficient (Wildman–Crippen LogP) is 2.77. The van der Waals surface area contributed by atoms with Gasteiger partial charge in [-0.2, -0.15) is 0 Å². The Hall–Kier alpha value is -1.42. The molecular formula is C15H22FNO2. The molecule has 0 saturated carbocycles. The summed E-state index contributed by atoms with van der Waals surface area (Å²) in [5.41, 5.74) is 5.60. The van der Waals surface area contributed by atoms with Gasteiger partial charge in [0, 0.05) is 5.41 Å². The van der Waals surface area contributed by atoms with Crippen LogP contribution in [0.3, 0.4) is 0 Å². The first-order valence-electron chi connectivity index (χ1n) is 6.28. The first-order valence-corrected chi connectivity index (χ1v) is 6.28. The molecule has 0 aromatic heterocycles. The summed E-state index contributed by atoms with van der Waals surface area (Å²) < 4.78 is 18.2. The van der Waals surface area contributed by atoms with Crippen molar-refractivity contribution in [1.29, 1.82) is 0 Å². The lowest BCUT2D eigenvalue weighted by Gasteiger charge is -2.32. The van der Waals surface area contributed by atoms with Gasteiger partial charge in [-0.05, 0) is 38.5 Å². The number of carbonyl (C=O) groups excluding carboxylic acids is 1. The topological polar surface area (TPSA) is 52.3 Å². The van der Waals surface area contributed by atoms with E-state index in [2.05, 4.69) is 0 Å². The molecule has 4 heteroatoms. The van der Waals surface area contributed by atoms with Crippen molar-refractivity contribution in [2.24, 2.45) is 5.73 Å². The summed E-state index contributed by atoms with van der Waals surface area (Å²) in [5.74, 6) is -0.771. The third kappa shape index (κ3) is 4.03. The molecule has 3 nitrogen and oxygen atoms in total. The third-order valence-electron chi connectivity index (χ3n) is 3.03. The molecule has 1 atom stereocenters. The number of carbonyl (C=O) groups is 1. The van der Waals surface area contributed by atoms with Crippen molar-refractivity contribution in [2.75, 3.05) is 0 Å². The van der Waals surface area contributed by atoms with E-state index in [-0.39, 0.29) is 5.82 Å². The summed E-state index contributed by atoms with van der Waals surface area (Å²) in [6.45, 7) is 9.07. The van der Waals surface area contributed by atoms with E-state index in [0.29, 0.717) is 0 Å². The Bertz CT molecular complexity index is 446. The highest BCUT2D eigenvalue weighted by atomic mass is 19.1. The molecule has 0 heterocycles. The maximum absolute atomic E-state index is 12.9. The fourth-order valence-electron chi connectivity index (χ4n) is 1.72.